The van der Waals surface area contributed by atoms with E-state index >= 15 is 0 Å². The first-order chi connectivity index (χ1) is 6.22. The van der Waals surface area contributed by atoms with E-state index in [1.165, 1.54) is 0 Å². The van der Waals surface area contributed by atoms with Crippen LogP contribution in [0.5, 0.6) is 0 Å². The van der Waals surface area contributed by atoms with Crippen LogP contribution < -0.4 is 0 Å². The Morgan fingerprint density at radius 2 is 2.31 bits per heavy atom. The maximum Gasteiger partial charge on any atom is 0.155 e. The van der Waals surface area contributed by atoms with Crippen LogP contribution in [0.2, 0.25) is 0 Å². The van der Waals surface area contributed by atoms with Crippen molar-refractivity contribution in [3.05, 3.63) is 35.7 Å². The van der Waals surface area contributed by atoms with Gasteiger partial charge in [-0.2, -0.15) is 0 Å². The van der Waals surface area contributed by atoms with Gasteiger partial charge in [0, 0.05) is 18.3 Å². The first-order valence-corrected chi connectivity index (χ1v) is 4.36. The summed E-state index contributed by atoms with van der Waals surface area (Å²) in [6, 6.07) is 3.87. The number of allylic oxidation sites excluding steroid dienone is 1. The summed E-state index contributed by atoms with van der Waals surface area (Å²) in [5, 5.41) is 0. The number of aromatic nitrogens is 1. The molecule has 2 heteroatoms. The van der Waals surface area contributed by atoms with Crippen LogP contribution in [0.4, 0.5) is 0 Å². The van der Waals surface area contributed by atoms with E-state index in [0.717, 1.165) is 11.3 Å². The van der Waals surface area contributed by atoms with Gasteiger partial charge in [-0.25, -0.2) is 0 Å². The second kappa shape index (κ2) is 4.55. The predicted octanol–water partition coefficient (Wildman–Crippen LogP) is 2.38. The van der Waals surface area contributed by atoms with E-state index in [1.807, 2.05) is 26.0 Å². The molecular weight excluding hydrogens is 162 g/mol. The Morgan fingerprint density at radius 3 is 2.85 bits per heavy atom. The van der Waals surface area contributed by atoms with Crippen molar-refractivity contribution in [2.45, 2.75) is 20.3 Å². The van der Waals surface area contributed by atoms with Crippen LogP contribution in [0.15, 0.2) is 24.4 Å². The Kier molecular flexibility index (Phi) is 3.38. The molecule has 0 aliphatic heterocycles. The van der Waals surface area contributed by atoms with Crippen LogP contribution in [-0.4, -0.2) is 10.8 Å². The highest BCUT2D eigenvalue weighted by Crippen LogP contribution is 2.01. The molecule has 0 N–H and O–H groups in total. The van der Waals surface area contributed by atoms with Crippen LogP contribution in [-0.2, 0) is 4.79 Å². The molecule has 0 unspecified atom stereocenters. The molecule has 0 fully saturated rings. The summed E-state index contributed by atoms with van der Waals surface area (Å²) in [6.45, 7) is 3.78. The zero-order valence-corrected chi connectivity index (χ0v) is 7.95. The maximum atomic E-state index is 10.9. The molecule has 0 aliphatic carbocycles. The number of aryl methyl sites for hydroxylation is 1. The summed E-state index contributed by atoms with van der Waals surface area (Å²) in [6.07, 6.45) is 5.69. The largest absolute Gasteiger partial charge is 0.295 e. The molecule has 0 saturated heterocycles. The van der Waals surface area contributed by atoms with Gasteiger partial charge in [0.2, 0.25) is 0 Å². The van der Waals surface area contributed by atoms with Crippen molar-refractivity contribution in [1.29, 1.82) is 0 Å². The molecule has 0 aromatic carbocycles. The van der Waals surface area contributed by atoms with Crippen LogP contribution >= 0.6 is 0 Å². The molecule has 0 spiro atoms. The number of nitrogens with zero attached hydrogens (tertiary/aromatic N) is 1. The van der Waals surface area contributed by atoms with Gasteiger partial charge in [0.1, 0.15) is 0 Å². The van der Waals surface area contributed by atoms with Crippen molar-refractivity contribution in [3.8, 4) is 0 Å². The van der Waals surface area contributed by atoms with Gasteiger partial charge < -0.3 is 0 Å². The molecule has 2 nitrogen and oxygen atoms in total. The molecule has 0 amide bonds. The SMILES string of the molecule is CCC(=O)/C=C/c1ccc(C)nc1. The first kappa shape index (κ1) is 9.65. The van der Waals surface area contributed by atoms with Crippen LogP contribution in [0, 0.1) is 6.92 Å². The molecule has 1 rings (SSSR count). The number of carbonyl (C=O) groups excluding carboxylic acids is 1. The van der Waals surface area contributed by atoms with E-state index in [2.05, 4.69) is 4.98 Å². The summed E-state index contributed by atoms with van der Waals surface area (Å²) in [7, 11) is 0. The number of rotatable bonds is 3. The third-order valence-electron chi connectivity index (χ3n) is 1.74. The summed E-state index contributed by atoms with van der Waals surface area (Å²) >= 11 is 0. The van der Waals surface area contributed by atoms with Crippen molar-refractivity contribution in [3.63, 3.8) is 0 Å². The summed E-state index contributed by atoms with van der Waals surface area (Å²) in [5.74, 6) is 0.139. The molecule has 1 heterocycles. The number of hydrogen-bond donors (Lipinski definition) is 0. The average molecular weight is 175 g/mol. The fourth-order valence-corrected chi connectivity index (χ4v) is 0.885. The minimum atomic E-state index is 0.139. The topological polar surface area (TPSA) is 30.0 Å². The van der Waals surface area contributed by atoms with Gasteiger partial charge in [0.05, 0.1) is 0 Å². The Balaban J connectivity index is 2.69. The molecule has 1 aromatic rings. The molecule has 13 heavy (non-hydrogen) atoms. The van der Waals surface area contributed by atoms with E-state index in [-0.39, 0.29) is 5.78 Å². The van der Waals surface area contributed by atoms with Gasteiger partial charge in [0.25, 0.3) is 0 Å². The Bertz CT molecular complexity index is 311. The quantitative estimate of drug-likeness (QED) is 0.660. The van der Waals surface area contributed by atoms with Gasteiger partial charge in [-0.1, -0.05) is 13.0 Å². The lowest BCUT2D eigenvalue weighted by Gasteiger charge is -1.93. The van der Waals surface area contributed by atoms with Crippen LogP contribution in [0.25, 0.3) is 6.08 Å². The standard InChI is InChI=1S/C11H13NO/c1-3-11(13)7-6-10-5-4-9(2)12-8-10/h4-8H,3H2,1-2H3/b7-6+. The zero-order valence-electron chi connectivity index (χ0n) is 7.95. The highest BCUT2D eigenvalue weighted by molar-refractivity contribution is 5.93. The molecular formula is C11H13NO. The summed E-state index contributed by atoms with van der Waals surface area (Å²) in [5.41, 5.74) is 1.95. The van der Waals surface area contributed by atoms with E-state index in [9.17, 15) is 4.79 Å². The zero-order chi connectivity index (χ0) is 9.68. The minimum absolute atomic E-state index is 0.139. The van der Waals surface area contributed by atoms with Gasteiger partial charge in [-0.15, -0.1) is 0 Å². The van der Waals surface area contributed by atoms with Crippen LogP contribution in [0.1, 0.15) is 24.6 Å². The second-order valence-electron chi connectivity index (χ2n) is 2.89. The van der Waals surface area contributed by atoms with Crippen LogP contribution in [0.3, 0.4) is 0 Å². The van der Waals surface area contributed by atoms with Crippen molar-refractivity contribution in [2.75, 3.05) is 0 Å². The minimum Gasteiger partial charge on any atom is -0.295 e. The van der Waals surface area contributed by atoms with Crippen molar-refractivity contribution in [1.82, 2.24) is 4.98 Å². The number of pyridine rings is 1. The summed E-state index contributed by atoms with van der Waals surface area (Å²) in [4.78, 5) is 15.1. The number of hydrogen-bond acceptors (Lipinski definition) is 2. The van der Waals surface area contributed by atoms with Crippen molar-refractivity contribution >= 4 is 11.9 Å². The number of ketones is 1. The lowest BCUT2D eigenvalue weighted by Crippen LogP contribution is -1.87. The fourth-order valence-electron chi connectivity index (χ4n) is 0.885. The third kappa shape index (κ3) is 3.20. The number of carbonyl (C=O) groups is 1. The highest BCUT2D eigenvalue weighted by Gasteiger charge is 1.91. The van der Waals surface area contributed by atoms with Gasteiger partial charge in [-0.3, -0.25) is 9.78 Å². The summed E-state index contributed by atoms with van der Waals surface area (Å²) < 4.78 is 0. The molecule has 1 aromatic heterocycles. The molecule has 0 bridgehead atoms. The van der Waals surface area contributed by atoms with E-state index in [1.54, 1.807) is 18.3 Å². The lowest BCUT2D eigenvalue weighted by molar-refractivity contribution is -0.114. The Morgan fingerprint density at radius 1 is 1.54 bits per heavy atom. The normalized spacial score (nSPS) is 10.6. The Labute approximate surface area is 78.3 Å². The molecule has 0 radical (unpaired) electrons. The average Bonchev–Trinajstić information content (AvgIpc) is 2.16. The van der Waals surface area contributed by atoms with Gasteiger partial charge >= 0.3 is 0 Å². The lowest BCUT2D eigenvalue weighted by atomic mass is 10.2. The van der Waals surface area contributed by atoms with Gasteiger partial charge in [0.15, 0.2) is 5.78 Å². The van der Waals surface area contributed by atoms with Crippen molar-refractivity contribution < 1.29 is 4.79 Å². The molecule has 0 atom stereocenters. The second-order valence-corrected chi connectivity index (χ2v) is 2.89. The predicted molar refractivity (Wildman–Crippen MR) is 53.3 cm³/mol. The first-order valence-electron chi connectivity index (χ1n) is 4.36. The molecule has 0 saturated carbocycles. The van der Waals surface area contributed by atoms with Crippen molar-refractivity contribution in [2.24, 2.45) is 0 Å². The van der Waals surface area contributed by atoms with Gasteiger partial charge in [-0.05, 0) is 30.7 Å². The Hall–Kier alpha value is -1.44. The smallest absolute Gasteiger partial charge is 0.155 e. The van der Waals surface area contributed by atoms with E-state index < -0.39 is 0 Å². The third-order valence-corrected chi connectivity index (χ3v) is 1.74. The highest BCUT2D eigenvalue weighted by atomic mass is 16.1. The van der Waals surface area contributed by atoms with E-state index in [0.29, 0.717) is 6.42 Å². The molecule has 0 aliphatic rings. The molecule has 68 valence electrons. The van der Waals surface area contributed by atoms with E-state index in [4.69, 9.17) is 0 Å². The maximum absolute atomic E-state index is 10.9. The monoisotopic (exact) mass is 175 g/mol. The fraction of sp³-hybridized carbons (Fsp3) is 0.273.